The molecule has 0 aliphatic carbocycles. The van der Waals surface area contributed by atoms with E-state index in [1.54, 1.807) is 61.7 Å². The molecule has 1 heterocycles. The predicted octanol–water partition coefficient (Wildman–Crippen LogP) is 3.81. The minimum Gasteiger partial charge on any atom is -0.497 e. The van der Waals surface area contributed by atoms with E-state index in [-0.39, 0.29) is 0 Å². The summed E-state index contributed by atoms with van der Waals surface area (Å²) in [6, 6.07) is 12.6. The fourth-order valence-electron chi connectivity index (χ4n) is 2.75. The van der Waals surface area contributed by atoms with Gasteiger partial charge in [0.1, 0.15) is 11.5 Å². The minimum absolute atomic E-state index is 0.306. The Balaban J connectivity index is 2.06. The first kappa shape index (κ1) is 19.7. The van der Waals surface area contributed by atoms with Crippen LogP contribution in [0.15, 0.2) is 59.6 Å². The molecule has 0 spiro atoms. The number of carbonyl (C=O) groups is 1. The Kier molecular flexibility index (Phi) is 6.16. The molecule has 28 heavy (non-hydrogen) atoms. The van der Waals surface area contributed by atoms with Crippen LogP contribution in [0.25, 0.3) is 17.0 Å². The molecule has 0 aliphatic rings. The van der Waals surface area contributed by atoms with Crippen molar-refractivity contribution in [1.82, 2.24) is 3.97 Å². The molecule has 0 saturated carbocycles. The number of benzene rings is 2. The molecule has 0 aliphatic heterocycles. The van der Waals surface area contributed by atoms with Crippen LogP contribution in [0.4, 0.5) is 0 Å². The molecular formula is C21H21NO5S. The number of methoxy groups -OCH3 is 2. The van der Waals surface area contributed by atoms with E-state index < -0.39 is 17.0 Å². The molecule has 1 atom stereocenters. The number of hydrogen-bond donors (Lipinski definition) is 0. The van der Waals surface area contributed by atoms with Crippen LogP contribution in [0.3, 0.4) is 0 Å². The first-order chi connectivity index (χ1) is 13.6. The second kappa shape index (κ2) is 8.75. The summed E-state index contributed by atoms with van der Waals surface area (Å²) in [5, 5.41) is 0.821. The standard InChI is InChI=1S/C21H21NO5S/c1-4-27-21(23)12-5-15-14-22(20-11-8-17(26-3)13-19(15)20)28(24)18-9-6-16(25-2)7-10-18/h5-14H,4H2,1-3H3/b12-5-. The van der Waals surface area contributed by atoms with Crippen molar-refractivity contribution >= 4 is 33.9 Å². The normalized spacial score (nSPS) is 12.2. The fourth-order valence-corrected chi connectivity index (χ4v) is 3.90. The van der Waals surface area contributed by atoms with Gasteiger partial charge in [0, 0.05) is 23.2 Å². The number of carbonyl (C=O) groups excluding carboxylic acids is 1. The van der Waals surface area contributed by atoms with Crippen LogP contribution in [0.1, 0.15) is 12.5 Å². The van der Waals surface area contributed by atoms with Crippen molar-refractivity contribution in [1.29, 1.82) is 0 Å². The highest BCUT2D eigenvalue weighted by Crippen LogP contribution is 2.29. The molecule has 0 saturated heterocycles. The summed E-state index contributed by atoms with van der Waals surface area (Å²) >= 11 is 0. The molecule has 0 bridgehead atoms. The van der Waals surface area contributed by atoms with E-state index >= 15 is 0 Å². The van der Waals surface area contributed by atoms with E-state index in [9.17, 15) is 9.00 Å². The highest BCUT2D eigenvalue weighted by molar-refractivity contribution is 7.83. The number of aromatic nitrogens is 1. The largest absolute Gasteiger partial charge is 0.497 e. The second-order valence-electron chi connectivity index (χ2n) is 5.80. The lowest BCUT2D eigenvalue weighted by Gasteiger charge is -2.07. The van der Waals surface area contributed by atoms with Gasteiger partial charge in [-0.1, -0.05) is 0 Å². The van der Waals surface area contributed by atoms with Crippen molar-refractivity contribution in [3.8, 4) is 11.5 Å². The van der Waals surface area contributed by atoms with Crippen LogP contribution >= 0.6 is 0 Å². The fraction of sp³-hybridized carbons (Fsp3) is 0.190. The summed E-state index contributed by atoms with van der Waals surface area (Å²) in [7, 11) is 1.70. The van der Waals surface area contributed by atoms with Gasteiger partial charge in [0.05, 0.1) is 31.2 Å². The summed E-state index contributed by atoms with van der Waals surface area (Å²) in [6.07, 6.45) is 4.76. The number of ether oxygens (including phenoxy) is 3. The summed E-state index contributed by atoms with van der Waals surface area (Å²) in [6.45, 7) is 2.06. The highest BCUT2D eigenvalue weighted by Gasteiger charge is 2.14. The molecule has 0 N–H and O–H groups in total. The maximum absolute atomic E-state index is 13.2. The van der Waals surface area contributed by atoms with Crippen molar-refractivity contribution in [3.63, 3.8) is 0 Å². The summed E-state index contributed by atoms with van der Waals surface area (Å²) in [4.78, 5) is 12.3. The average molecular weight is 399 g/mol. The summed E-state index contributed by atoms with van der Waals surface area (Å²) < 4.78 is 30.2. The Hall–Kier alpha value is -3.06. The van der Waals surface area contributed by atoms with Crippen LogP contribution in [0, 0.1) is 0 Å². The summed E-state index contributed by atoms with van der Waals surface area (Å²) in [5.74, 6) is 0.940. The lowest BCUT2D eigenvalue weighted by atomic mass is 10.1. The van der Waals surface area contributed by atoms with Crippen molar-refractivity contribution in [3.05, 3.63) is 60.3 Å². The minimum atomic E-state index is -1.47. The first-order valence-corrected chi connectivity index (χ1v) is 9.78. The maximum atomic E-state index is 13.2. The zero-order chi connectivity index (χ0) is 20.1. The van der Waals surface area contributed by atoms with Gasteiger partial charge < -0.3 is 14.2 Å². The molecule has 0 amide bonds. The van der Waals surface area contributed by atoms with Gasteiger partial charge >= 0.3 is 5.97 Å². The molecule has 1 unspecified atom stereocenters. The SMILES string of the molecule is CCOC(=O)/C=C\c1cn(S(=O)c2ccc(OC)cc2)c2ccc(OC)cc12. The monoisotopic (exact) mass is 399 g/mol. The van der Waals surface area contributed by atoms with Crippen molar-refractivity contribution in [2.45, 2.75) is 11.8 Å². The Labute approximate surface area is 165 Å². The number of rotatable bonds is 7. The van der Waals surface area contributed by atoms with Crippen molar-refractivity contribution in [2.24, 2.45) is 0 Å². The van der Waals surface area contributed by atoms with Crippen LogP contribution in [-0.4, -0.2) is 35.0 Å². The quantitative estimate of drug-likeness (QED) is 0.447. The number of esters is 1. The zero-order valence-corrected chi connectivity index (χ0v) is 16.7. The number of hydrogen-bond acceptors (Lipinski definition) is 5. The third-order valence-electron chi connectivity index (χ3n) is 4.13. The Morgan fingerprint density at radius 1 is 1.07 bits per heavy atom. The van der Waals surface area contributed by atoms with Gasteiger partial charge in [0.25, 0.3) is 0 Å². The zero-order valence-electron chi connectivity index (χ0n) is 15.9. The molecule has 7 heteroatoms. The number of nitrogens with zero attached hydrogens (tertiary/aromatic N) is 1. The van der Waals surface area contributed by atoms with Crippen LogP contribution in [-0.2, 0) is 20.5 Å². The Bertz CT molecular complexity index is 1040. The lowest BCUT2D eigenvalue weighted by molar-refractivity contribution is -0.137. The third-order valence-corrected chi connectivity index (χ3v) is 5.47. The first-order valence-electron chi connectivity index (χ1n) is 8.67. The number of fused-ring (bicyclic) bond motifs is 1. The maximum Gasteiger partial charge on any atom is 0.330 e. The molecule has 0 fully saturated rings. The molecule has 3 rings (SSSR count). The Morgan fingerprint density at radius 2 is 1.75 bits per heavy atom. The van der Waals surface area contributed by atoms with Gasteiger partial charge in [-0.2, -0.15) is 0 Å². The molecule has 1 aromatic heterocycles. The predicted molar refractivity (Wildman–Crippen MR) is 109 cm³/mol. The average Bonchev–Trinajstić information content (AvgIpc) is 3.09. The molecular weight excluding hydrogens is 378 g/mol. The smallest absolute Gasteiger partial charge is 0.330 e. The van der Waals surface area contributed by atoms with Gasteiger partial charge in [0.2, 0.25) is 0 Å². The van der Waals surface area contributed by atoms with Crippen molar-refractivity contribution < 1.29 is 23.2 Å². The lowest BCUT2D eigenvalue weighted by Crippen LogP contribution is -2.03. The van der Waals surface area contributed by atoms with Crippen LogP contribution in [0.2, 0.25) is 0 Å². The van der Waals surface area contributed by atoms with Gasteiger partial charge in [0.15, 0.2) is 11.0 Å². The van der Waals surface area contributed by atoms with Gasteiger partial charge in [-0.3, -0.25) is 3.97 Å². The van der Waals surface area contributed by atoms with E-state index in [1.807, 2.05) is 18.2 Å². The molecule has 6 nitrogen and oxygen atoms in total. The van der Waals surface area contributed by atoms with Gasteiger partial charge in [-0.25, -0.2) is 9.00 Å². The van der Waals surface area contributed by atoms with E-state index in [1.165, 1.54) is 6.08 Å². The molecule has 0 radical (unpaired) electrons. The third kappa shape index (κ3) is 4.09. The molecule has 146 valence electrons. The molecule has 3 aromatic rings. The van der Waals surface area contributed by atoms with Gasteiger partial charge in [-0.05, 0) is 55.5 Å². The van der Waals surface area contributed by atoms with Crippen LogP contribution in [0.5, 0.6) is 11.5 Å². The highest BCUT2D eigenvalue weighted by atomic mass is 32.2. The van der Waals surface area contributed by atoms with E-state index in [0.717, 1.165) is 16.5 Å². The van der Waals surface area contributed by atoms with Gasteiger partial charge in [-0.15, -0.1) is 0 Å². The second-order valence-corrected chi connectivity index (χ2v) is 7.17. The molecule has 2 aromatic carbocycles. The van der Waals surface area contributed by atoms with E-state index in [4.69, 9.17) is 14.2 Å². The van der Waals surface area contributed by atoms with Crippen molar-refractivity contribution in [2.75, 3.05) is 20.8 Å². The van der Waals surface area contributed by atoms with E-state index in [0.29, 0.717) is 23.0 Å². The van der Waals surface area contributed by atoms with E-state index in [2.05, 4.69) is 0 Å². The Morgan fingerprint density at radius 3 is 2.39 bits per heavy atom. The topological polar surface area (TPSA) is 66.8 Å². The summed E-state index contributed by atoms with van der Waals surface area (Å²) in [5.41, 5.74) is 1.50. The van der Waals surface area contributed by atoms with Crippen LogP contribution < -0.4 is 9.47 Å².